The Labute approximate surface area is 122 Å². The molecule has 0 bridgehead atoms. The first-order valence-corrected chi connectivity index (χ1v) is 6.66. The van der Waals surface area contributed by atoms with Crippen LogP contribution in [0.3, 0.4) is 0 Å². The molecular formula is C13H18ClN3O3. The largest absolute Gasteiger partial charge is 0.481 e. The van der Waals surface area contributed by atoms with E-state index in [0.717, 1.165) is 11.3 Å². The van der Waals surface area contributed by atoms with E-state index < -0.39 is 5.97 Å². The average molecular weight is 300 g/mol. The fourth-order valence-electron chi connectivity index (χ4n) is 1.67. The van der Waals surface area contributed by atoms with Gasteiger partial charge in [-0.15, -0.1) is 0 Å². The number of amides is 1. The first-order chi connectivity index (χ1) is 9.41. The predicted molar refractivity (Wildman–Crippen MR) is 76.5 cm³/mol. The summed E-state index contributed by atoms with van der Waals surface area (Å²) in [6, 6.07) is 0. The molecule has 0 spiro atoms. The maximum Gasteiger partial charge on any atom is 0.303 e. The summed E-state index contributed by atoms with van der Waals surface area (Å²) >= 11 is 6.03. The van der Waals surface area contributed by atoms with E-state index in [4.69, 9.17) is 16.7 Å². The van der Waals surface area contributed by atoms with E-state index in [2.05, 4.69) is 10.4 Å². The van der Waals surface area contributed by atoms with Gasteiger partial charge in [-0.3, -0.25) is 14.3 Å². The monoisotopic (exact) mass is 299 g/mol. The van der Waals surface area contributed by atoms with Crippen molar-refractivity contribution in [3.63, 3.8) is 0 Å². The molecule has 1 aromatic heterocycles. The Balaban J connectivity index is 2.38. The van der Waals surface area contributed by atoms with Crippen molar-refractivity contribution in [1.29, 1.82) is 0 Å². The summed E-state index contributed by atoms with van der Waals surface area (Å²) in [7, 11) is 1.73. The van der Waals surface area contributed by atoms with Gasteiger partial charge in [-0.1, -0.05) is 11.6 Å². The molecule has 1 amide bonds. The second-order valence-electron chi connectivity index (χ2n) is 4.39. The van der Waals surface area contributed by atoms with E-state index in [9.17, 15) is 9.59 Å². The highest BCUT2D eigenvalue weighted by Gasteiger charge is 2.08. The number of unbranched alkanes of at least 4 members (excludes halogenated alkanes) is 1. The van der Waals surface area contributed by atoms with Gasteiger partial charge >= 0.3 is 5.97 Å². The number of rotatable bonds is 7. The minimum Gasteiger partial charge on any atom is -0.481 e. The second-order valence-corrected chi connectivity index (χ2v) is 4.75. The van der Waals surface area contributed by atoms with Crippen LogP contribution in [0.2, 0.25) is 5.15 Å². The van der Waals surface area contributed by atoms with Crippen molar-refractivity contribution in [2.45, 2.75) is 26.2 Å². The fraction of sp³-hybridized carbons (Fsp3) is 0.462. The Hall–Kier alpha value is -1.82. The molecule has 1 heterocycles. The molecule has 7 heteroatoms. The van der Waals surface area contributed by atoms with Crippen molar-refractivity contribution in [3.05, 3.63) is 22.5 Å². The van der Waals surface area contributed by atoms with Gasteiger partial charge in [-0.25, -0.2) is 0 Å². The number of carboxylic acids is 1. The number of halogens is 1. The summed E-state index contributed by atoms with van der Waals surface area (Å²) in [6.07, 6.45) is 4.33. The van der Waals surface area contributed by atoms with E-state index in [1.807, 2.05) is 6.92 Å². The van der Waals surface area contributed by atoms with Crippen LogP contribution < -0.4 is 5.32 Å². The Morgan fingerprint density at radius 1 is 1.45 bits per heavy atom. The molecule has 0 radical (unpaired) electrons. The van der Waals surface area contributed by atoms with Gasteiger partial charge in [0.15, 0.2) is 0 Å². The third-order valence-electron chi connectivity index (χ3n) is 2.71. The standard InChI is InChI=1S/C13H18ClN3O3/c1-9-10(13(14)17(2)16-9)6-7-11(18)15-8-4-3-5-12(19)20/h6-7H,3-5,8H2,1-2H3,(H,15,18)(H,19,20). The number of carboxylic acid groups (broad SMARTS) is 1. The molecule has 0 atom stereocenters. The number of nitrogens with one attached hydrogen (secondary N) is 1. The van der Waals surface area contributed by atoms with E-state index in [-0.39, 0.29) is 12.3 Å². The zero-order valence-corrected chi connectivity index (χ0v) is 12.3. The summed E-state index contributed by atoms with van der Waals surface area (Å²) in [5.74, 6) is -1.06. The van der Waals surface area contributed by atoms with Crippen molar-refractivity contribution < 1.29 is 14.7 Å². The molecule has 2 N–H and O–H groups in total. The Kier molecular flexibility index (Phi) is 6.24. The third-order valence-corrected chi connectivity index (χ3v) is 3.16. The fourth-order valence-corrected chi connectivity index (χ4v) is 1.90. The first-order valence-electron chi connectivity index (χ1n) is 6.28. The van der Waals surface area contributed by atoms with Gasteiger partial charge in [0.05, 0.1) is 5.69 Å². The van der Waals surface area contributed by atoms with Crippen LogP contribution in [-0.4, -0.2) is 33.3 Å². The van der Waals surface area contributed by atoms with Crippen LogP contribution in [0, 0.1) is 6.92 Å². The van der Waals surface area contributed by atoms with Crippen LogP contribution >= 0.6 is 11.6 Å². The average Bonchev–Trinajstić information content (AvgIpc) is 2.60. The van der Waals surface area contributed by atoms with E-state index >= 15 is 0 Å². The summed E-state index contributed by atoms with van der Waals surface area (Å²) < 4.78 is 1.54. The van der Waals surface area contributed by atoms with Gasteiger partial charge in [-0.2, -0.15) is 5.10 Å². The molecular weight excluding hydrogens is 282 g/mol. The topological polar surface area (TPSA) is 84.2 Å². The van der Waals surface area contributed by atoms with Gasteiger partial charge in [-0.05, 0) is 25.8 Å². The summed E-state index contributed by atoms with van der Waals surface area (Å²) in [6.45, 7) is 2.27. The summed E-state index contributed by atoms with van der Waals surface area (Å²) in [4.78, 5) is 21.9. The van der Waals surface area contributed by atoms with Crippen molar-refractivity contribution >= 4 is 29.6 Å². The van der Waals surface area contributed by atoms with Gasteiger partial charge in [0.25, 0.3) is 0 Å². The highest BCUT2D eigenvalue weighted by atomic mass is 35.5. The van der Waals surface area contributed by atoms with Crippen LogP contribution in [0.4, 0.5) is 0 Å². The number of hydrogen-bond acceptors (Lipinski definition) is 3. The quantitative estimate of drug-likeness (QED) is 0.593. The molecule has 0 fully saturated rings. The highest BCUT2D eigenvalue weighted by Crippen LogP contribution is 2.19. The number of aromatic nitrogens is 2. The number of hydrogen-bond donors (Lipinski definition) is 2. The van der Waals surface area contributed by atoms with E-state index in [1.54, 1.807) is 17.8 Å². The zero-order chi connectivity index (χ0) is 15.1. The molecule has 1 rings (SSSR count). The number of carbonyl (C=O) groups excluding carboxylic acids is 1. The molecule has 0 saturated heterocycles. The van der Waals surface area contributed by atoms with Gasteiger partial charge in [0.2, 0.25) is 5.91 Å². The van der Waals surface area contributed by atoms with E-state index in [0.29, 0.717) is 24.5 Å². The maximum atomic E-state index is 11.6. The lowest BCUT2D eigenvalue weighted by Crippen LogP contribution is -2.22. The summed E-state index contributed by atoms with van der Waals surface area (Å²) in [5, 5.41) is 15.8. The Morgan fingerprint density at radius 3 is 2.70 bits per heavy atom. The molecule has 20 heavy (non-hydrogen) atoms. The lowest BCUT2D eigenvalue weighted by atomic mass is 10.2. The molecule has 0 aliphatic heterocycles. The van der Waals surface area contributed by atoms with Crippen LogP contribution in [0.25, 0.3) is 6.08 Å². The molecule has 0 aromatic carbocycles. The smallest absolute Gasteiger partial charge is 0.303 e. The zero-order valence-electron chi connectivity index (χ0n) is 11.5. The minimum atomic E-state index is -0.821. The number of carbonyl (C=O) groups is 2. The van der Waals surface area contributed by atoms with Crippen LogP contribution in [0.15, 0.2) is 6.08 Å². The lowest BCUT2D eigenvalue weighted by Gasteiger charge is -2.00. The highest BCUT2D eigenvalue weighted by molar-refractivity contribution is 6.31. The first kappa shape index (κ1) is 16.2. The number of nitrogens with zero attached hydrogens (tertiary/aromatic N) is 2. The number of aliphatic carboxylic acids is 1. The van der Waals surface area contributed by atoms with Crippen LogP contribution in [-0.2, 0) is 16.6 Å². The molecule has 0 unspecified atom stereocenters. The van der Waals surface area contributed by atoms with Crippen molar-refractivity contribution in [1.82, 2.24) is 15.1 Å². The second kappa shape index (κ2) is 7.69. The lowest BCUT2D eigenvalue weighted by molar-refractivity contribution is -0.137. The molecule has 110 valence electrons. The SMILES string of the molecule is Cc1nn(C)c(Cl)c1C=CC(=O)NCCCCC(=O)O. The third kappa shape index (κ3) is 5.05. The number of aryl methyl sites for hydroxylation is 2. The van der Waals surface area contributed by atoms with Gasteiger partial charge in [0, 0.05) is 31.7 Å². The molecule has 0 aliphatic rings. The minimum absolute atomic E-state index is 0.121. The molecule has 6 nitrogen and oxygen atoms in total. The van der Waals surface area contributed by atoms with Crippen LogP contribution in [0.1, 0.15) is 30.5 Å². The van der Waals surface area contributed by atoms with E-state index in [1.165, 1.54) is 6.08 Å². The summed E-state index contributed by atoms with van der Waals surface area (Å²) in [5.41, 5.74) is 1.47. The van der Waals surface area contributed by atoms with Crippen molar-refractivity contribution in [2.24, 2.45) is 7.05 Å². The Bertz CT molecular complexity index is 523. The normalized spacial score (nSPS) is 10.9. The van der Waals surface area contributed by atoms with Crippen molar-refractivity contribution in [3.8, 4) is 0 Å². The van der Waals surface area contributed by atoms with Crippen molar-refractivity contribution in [2.75, 3.05) is 6.54 Å². The predicted octanol–water partition coefficient (Wildman–Crippen LogP) is 1.77. The molecule has 0 saturated carbocycles. The van der Waals surface area contributed by atoms with Gasteiger partial charge < -0.3 is 10.4 Å². The van der Waals surface area contributed by atoms with Gasteiger partial charge in [0.1, 0.15) is 5.15 Å². The Morgan fingerprint density at radius 2 is 2.15 bits per heavy atom. The maximum absolute atomic E-state index is 11.6. The van der Waals surface area contributed by atoms with Crippen LogP contribution in [0.5, 0.6) is 0 Å². The molecule has 0 aliphatic carbocycles. The molecule has 1 aromatic rings.